The highest BCUT2D eigenvalue weighted by molar-refractivity contribution is 9.10. The number of aryl methyl sites for hydroxylation is 1. The summed E-state index contributed by atoms with van der Waals surface area (Å²) in [6, 6.07) is 8.61. The van der Waals surface area contributed by atoms with Gasteiger partial charge in [-0.25, -0.2) is 0 Å². The van der Waals surface area contributed by atoms with Crippen LogP contribution in [-0.2, 0) is 6.54 Å². The van der Waals surface area contributed by atoms with E-state index in [1.807, 2.05) is 0 Å². The maximum atomic E-state index is 3.52. The molecule has 1 heterocycles. The molecule has 0 amide bonds. The molecule has 1 aromatic carbocycles. The lowest BCUT2D eigenvalue weighted by molar-refractivity contribution is 0.388. The van der Waals surface area contributed by atoms with Crippen LogP contribution >= 0.6 is 15.9 Å². The molecule has 0 spiro atoms. The molecule has 0 aliphatic rings. The van der Waals surface area contributed by atoms with Gasteiger partial charge in [0.15, 0.2) is 0 Å². The van der Waals surface area contributed by atoms with Gasteiger partial charge < -0.3 is 9.47 Å². The number of nitrogens with zero attached hydrogens (tertiary/aromatic N) is 2. The monoisotopic (exact) mass is 280 g/mol. The second-order valence-electron chi connectivity index (χ2n) is 4.37. The average molecular weight is 281 g/mol. The smallest absolute Gasteiger partial charge is 0.0491 e. The van der Waals surface area contributed by atoms with Crippen molar-refractivity contribution in [1.29, 1.82) is 0 Å². The molecule has 0 aliphatic heterocycles. The molecule has 0 N–H and O–H groups in total. The maximum Gasteiger partial charge on any atom is 0.0491 e. The minimum atomic E-state index is 1.08. The molecule has 1 aromatic heterocycles. The molecule has 0 fully saturated rings. The fourth-order valence-electron chi connectivity index (χ4n) is 1.91. The lowest BCUT2D eigenvalue weighted by atomic mass is 10.2. The van der Waals surface area contributed by atoms with Crippen LogP contribution in [0.5, 0.6) is 0 Å². The molecular formula is C13H17BrN2. The van der Waals surface area contributed by atoms with Crippen LogP contribution in [-0.4, -0.2) is 30.1 Å². The zero-order valence-corrected chi connectivity index (χ0v) is 11.4. The summed E-state index contributed by atoms with van der Waals surface area (Å²) in [6.07, 6.45) is 3.36. The maximum absolute atomic E-state index is 3.52. The van der Waals surface area contributed by atoms with E-state index in [0.29, 0.717) is 0 Å². The van der Waals surface area contributed by atoms with E-state index in [1.54, 1.807) is 0 Å². The van der Waals surface area contributed by atoms with Crippen LogP contribution in [0, 0.1) is 0 Å². The highest BCUT2D eigenvalue weighted by Crippen LogP contribution is 2.21. The SMILES string of the molecule is CN(C)CCCn1ccc2ccc(Br)cc21. The second kappa shape index (κ2) is 5.02. The third kappa shape index (κ3) is 2.66. The zero-order chi connectivity index (χ0) is 11.5. The Balaban J connectivity index is 2.15. The topological polar surface area (TPSA) is 8.17 Å². The van der Waals surface area contributed by atoms with Gasteiger partial charge in [-0.15, -0.1) is 0 Å². The number of hydrogen-bond acceptors (Lipinski definition) is 1. The van der Waals surface area contributed by atoms with Crippen LogP contribution in [0.3, 0.4) is 0 Å². The van der Waals surface area contributed by atoms with Gasteiger partial charge in [0.25, 0.3) is 0 Å². The van der Waals surface area contributed by atoms with E-state index >= 15 is 0 Å². The molecular weight excluding hydrogens is 264 g/mol. The van der Waals surface area contributed by atoms with Gasteiger partial charge >= 0.3 is 0 Å². The summed E-state index contributed by atoms with van der Waals surface area (Å²) in [7, 11) is 4.23. The van der Waals surface area contributed by atoms with Crippen LogP contribution in [0.15, 0.2) is 34.9 Å². The third-order valence-electron chi connectivity index (χ3n) is 2.74. The van der Waals surface area contributed by atoms with Crippen LogP contribution in [0.25, 0.3) is 10.9 Å². The predicted octanol–water partition coefficient (Wildman–Crippen LogP) is 3.36. The molecule has 2 aromatic rings. The Morgan fingerprint density at radius 3 is 2.81 bits per heavy atom. The van der Waals surface area contributed by atoms with Crippen molar-refractivity contribution in [2.75, 3.05) is 20.6 Å². The first kappa shape index (κ1) is 11.7. The molecule has 16 heavy (non-hydrogen) atoms. The molecule has 0 saturated carbocycles. The molecule has 0 unspecified atom stereocenters. The summed E-state index contributed by atoms with van der Waals surface area (Å²) in [5.41, 5.74) is 1.31. The number of halogens is 1. The molecule has 0 radical (unpaired) electrons. The van der Waals surface area contributed by atoms with Crippen molar-refractivity contribution in [2.24, 2.45) is 0 Å². The second-order valence-corrected chi connectivity index (χ2v) is 5.28. The summed E-state index contributed by atoms with van der Waals surface area (Å²) in [6.45, 7) is 2.21. The van der Waals surface area contributed by atoms with Crippen molar-refractivity contribution in [3.63, 3.8) is 0 Å². The minimum absolute atomic E-state index is 1.08. The van der Waals surface area contributed by atoms with Gasteiger partial charge in [0.2, 0.25) is 0 Å². The van der Waals surface area contributed by atoms with Crippen LogP contribution in [0.2, 0.25) is 0 Å². The first-order chi connectivity index (χ1) is 7.66. The largest absolute Gasteiger partial charge is 0.347 e. The van der Waals surface area contributed by atoms with E-state index in [4.69, 9.17) is 0 Å². The third-order valence-corrected chi connectivity index (χ3v) is 3.23. The van der Waals surface area contributed by atoms with Crippen molar-refractivity contribution >= 4 is 26.8 Å². The van der Waals surface area contributed by atoms with Crippen molar-refractivity contribution in [2.45, 2.75) is 13.0 Å². The Morgan fingerprint density at radius 1 is 1.25 bits per heavy atom. The van der Waals surface area contributed by atoms with E-state index in [1.165, 1.54) is 17.3 Å². The van der Waals surface area contributed by atoms with Crippen molar-refractivity contribution < 1.29 is 0 Å². The molecule has 0 saturated heterocycles. The predicted molar refractivity (Wildman–Crippen MR) is 72.8 cm³/mol. The van der Waals surface area contributed by atoms with Gasteiger partial charge in [-0.1, -0.05) is 22.0 Å². The number of hydrogen-bond donors (Lipinski definition) is 0. The van der Waals surface area contributed by atoms with E-state index in [2.05, 4.69) is 70.0 Å². The summed E-state index contributed by atoms with van der Waals surface area (Å²) in [5, 5.41) is 1.31. The Morgan fingerprint density at radius 2 is 2.06 bits per heavy atom. The van der Waals surface area contributed by atoms with Gasteiger partial charge in [-0.2, -0.15) is 0 Å². The van der Waals surface area contributed by atoms with Gasteiger partial charge in [-0.3, -0.25) is 0 Å². The summed E-state index contributed by atoms with van der Waals surface area (Å²) < 4.78 is 3.47. The summed E-state index contributed by atoms with van der Waals surface area (Å²) in [5.74, 6) is 0. The van der Waals surface area contributed by atoms with E-state index in [0.717, 1.165) is 17.6 Å². The standard InChI is InChI=1S/C13H17BrN2/c1-15(2)7-3-8-16-9-6-11-4-5-12(14)10-13(11)16/h4-6,9-10H,3,7-8H2,1-2H3. The van der Waals surface area contributed by atoms with Gasteiger partial charge in [-0.05, 0) is 50.6 Å². The molecule has 0 aliphatic carbocycles. The number of aromatic nitrogens is 1. The number of rotatable bonds is 4. The fraction of sp³-hybridized carbons (Fsp3) is 0.385. The zero-order valence-electron chi connectivity index (χ0n) is 9.78. The summed E-state index contributed by atoms with van der Waals surface area (Å²) in [4.78, 5) is 2.22. The first-order valence-corrected chi connectivity index (χ1v) is 6.35. The quantitative estimate of drug-likeness (QED) is 0.834. The molecule has 0 atom stereocenters. The molecule has 86 valence electrons. The molecule has 0 bridgehead atoms. The first-order valence-electron chi connectivity index (χ1n) is 5.56. The van der Waals surface area contributed by atoms with Gasteiger partial charge in [0, 0.05) is 22.7 Å². The van der Waals surface area contributed by atoms with Crippen molar-refractivity contribution in [3.8, 4) is 0 Å². The highest BCUT2D eigenvalue weighted by Gasteiger charge is 2.01. The number of fused-ring (bicyclic) bond motifs is 1. The Kier molecular flexibility index (Phi) is 3.66. The van der Waals surface area contributed by atoms with E-state index in [9.17, 15) is 0 Å². The normalized spacial score (nSPS) is 11.5. The lowest BCUT2D eigenvalue weighted by Gasteiger charge is -2.10. The van der Waals surface area contributed by atoms with Crippen LogP contribution in [0.4, 0.5) is 0 Å². The Hall–Kier alpha value is -0.800. The Labute approximate surface area is 105 Å². The Bertz CT molecular complexity index is 474. The molecule has 3 heteroatoms. The lowest BCUT2D eigenvalue weighted by Crippen LogP contribution is -2.14. The summed E-state index contributed by atoms with van der Waals surface area (Å²) >= 11 is 3.52. The fourth-order valence-corrected chi connectivity index (χ4v) is 2.26. The van der Waals surface area contributed by atoms with Gasteiger partial charge in [0.05, 0.1) is 0 Å². The van der Waals surface area contributed by atoms with Gasteiger partial charge in [0.1, 0.15) is 0 Å². The average Bonchev–Trinajstić information content (AvgIpc) is 2.60. The van der Waals surface area contributed by atoms with E-state index < -0.39 is 0 Å². The van der Waals surface area contributed by atoms with Crippen molar-refractivity contribution in [1.82, 2.24) is 9.47 Å². The van der Waals surface area contributed by atoms with Crippen LogP contribution in [0.1, 0.15) is 6.42 Å². The van der Waals surface area contributed by atoms with Crippen molar-refractivity contribution in [3.05, 3.63) is 34.9 Å². The minimum Gasteiger partial charge on any atom is -0.347 e. The molecule has 2 nitrogen and oxygen atoms in total. The van der Waals surface area contributed by atoms with E-state index in [-0.39, 0.29) is 0 Å². The highest BCUT2D eigenvalue weighted by atomic mass is 79.9. The van der Waals surface area contributed by atoms with Crippen LogP contribution < -0.4 is 0 Å². The molecule has 2 rings (SSSR count). The number of benzene rings is 1.